The number of para-hydroxylation sites is 1. The number of anilines is 1. The molecular formula is C19H23N3O3. The number of carbonyl (C=O) groups excluding carboxylic acids is 1. The lowest BCUT2D eigenvalue weighted by Crippen LogP contribution is -2.35. The van der Waals surface area contributed by atoms with Crippen molar-refractivity contribution in [2.75, 3.05) is 19.5 Å². The maximum atomic E-state index is 12.1. The monoisotopic (exact) mass is 341 g/mol. The lowest BCUT2D eigenvalue weighted by molar-refractivity contribution is -0.121. The molecule has 2 aromatic carbocycles. The van der Waals surface area contributed by atoms with Crippen molar-refractivity contribution in [2.45, 2.75) is 19.9 Å². The van der Waals surface area contributed by atoms with Gasteiger partial charge in [0.2, 0.25) is 0 Å². The number of nitrogens with zero attached hydrogens (tertiary/aromatic N) is 1. The van der Waals surface area contributed by atoms with Crippen LogP contribution in [0.3, 0.4) is 0 Å². The van der Waals surface area contributed by atoms with Crippen LogP contribution in [0.1, 0.15) is 18.1 Å². The second-order valence-corrected chi connectivity index (χ2v) is 5.53. The van der Waals surface area contributed by atoms with Crippen LogP contribution >= 0.6 is 0 Å². The first kappa shape index (κ1) is 18.3. The molecule has 0 bridgehead atoms. The predicted molar refractivity (Wildman–Crippen MR) is 99.5 cm³/mol. The second-order valence-electron chi connectivity index (χ2n) is 5.53. The van der Waals surface area contributed by atoms with E-state index in [1.807, 2.05) is 37.3 Å². The van der Waals surface area contributed by atoms with Gasteiger partial charge in [0, 0.05) is 5.69 Å². The molecule has 0 aliphatic rings. The van der Waals surface area contributed by atoms with Gasteiger partial charge in [-0.1, -0.05) is 18.2 Å². The minimum absolute atomic E-state index is 0.222. The third-order valence-corrected chi connectivity index (χ3v) is 3.71. The van der Waals surface area contributed by atoms with Gasteiger partial charge in [0.15, 0.2) is 11.5 Å². The number of amides is 1. The molecule has 2 rings (SSSR count). The molecule has 0 heterocycles. The van der Waals surface area contributed by atoms with Crippen molar-refractivity contribution in [3.63, 3.8) is 0 Å². The smallest absolute Gasteiger partial charge is 0.262 e. The number of ether oxygens (including phenoxy) is 2. The van der Waals surface area contributed by atoms with Gasteiger partial charge in [0.05, 0.1) is 20.4 Å². The van der Waals surface area contributed by atoms with E-state index in [9.17, 15) is 4.79 Å². The molecule has 6 heteroatoms. The summed E-state index contributed by atoms with van der Waals surface area (Å²) in [5.41, 5.74) is 5.33. The number of benzene rings is 2. The summed E-state index contributed by atoms with van der Waals surface area (Å²) in [5, 5.41) is 7.17. The summed E-state index contributed by atoms with van der Waals surface area (Å²) >= 11 is 0. The largest absolute Gasteiger partial charge is 0.493 e. The highest BCUT2D eigenvalue weighted by atomic mass is 16.5. The van der Waals surface area contributed by atoms with Gasteiger partial charge in [-0.2, -0.15) is 5.10 Å². The van der Waals surface area contributed by atoms with Crippen molar-refractivity contribution < 1.29 is 14.3 Å². The molecule has 0 spiro atoms. The van der Waals surface area contributed by atoms with Crippen LogP contribution in [0.5, 0.6) is 11.5 Å². The van der Waals surface area contributed by atoms with E-state index in [2.05, 4.69) is 15.8 Å². The van der Waals surface area contributed by atoms with Gasteiger partial charge in [-0.25, -0.2) is 5.43 Å². The van der Waals surface area contributed by atoms with Crippen molar-refractivity contribution in [3.8, 4) is 11.5 Å². The third-order valence-electron chi connectivity index (χ3n) is 3.71. The highest BCUT2D eigenvalue weighted by molar-refractivity contribution is 5.86. The molecule has 0 unspecified atom stereocenters. The van der Waals surface area contributed by atoms with Crippen LogP contribution in [0.4, 0.5) is 5.69 Å². The number of hydrogen-bond donors (Lipinski definition) is 2. The predicted octanol–water partition coefficient (Wildman–Crippen LogP) is 2.96. The normalized spacial score (nSPS) is 11.8. The Morgan fingerprint density at radius 2 is 1.84 bits per heavy atom. The lowest BCUT2D eigenvalue weighted by Gasteiger charge is -2.15. The fourth-order valence-corrected chi connectivity index (χ4v) is 2.23. The summed E-state index contributed by atoms with van der Waals surface area (Å²) in [4.78, 5) is 12.1. The van der Waals surface area contributed by atoms with E-state index in [4.69, 9.17) is 9.47 Å². The molecule has 0 radical (unpaired) electrons. The van der Waals surface area contributed by atoms with Gasteiger partial charge < -0.3 is 14.8 Å². The molecule has 0 aliphatic heterocycles. The SMILES string of the molecule is COc1ccc(C=NNC(=O)[C@@H](C)Nc2ccccc2C)cc1OC. The van der Waals surface area contributed by atoms with Crippen LogP contribution < -0.4 is 20.2 Å². The van der Waals surface area contributed by atoms with Crippen LogP contribution in [0, 0.1) is 6.92 Å². The van der Waals surface area contributed by atoms with E-state index in [1.54, 1.807) is 39.5 Å². The summed E-state index contributed by atoms with van der Waals surface area (Å²) in [6.45, 7) is 3.77. The van der Waals surface area contributed by atoms with Gasteiger partial charge in [0.25, 0.3) is 5.91 Å². The van der Waals surface area contributed by atoms with Crippen molar-refractivity contribution >= 4 is 17.8 Å². The molecule has 2 aromatic rings. The standard InChI is InChI=1S/C19H23N3O3/c1-13-7-5-6-8-16(13)21-14(2)19(23)22-20-12-15-9-10-17(24-3)18(11-15)25-4/h5-12,14,21H,1-4H3,(H,22,23)/t14-/m1/s1. The Balaban J connectivity index is 1.95. The highest BCUT2D eigenvalue weighted by Crippen LogP contribution is 2.26. The molecule has 0 saturated heterocycles. The van der Waals surface area contributed by atoms with E-state index >= 15 is 0 Å². The zero-order valence-corrected chi connectivity index (χ0v) is 14.9. The number of methoxy groups -OCH3 is 2. The summed E-state index contributed by atoms with van der Waals surface area (Å²) in [7, 11) is 3.15. The number of aryl methyl sites for hydroxylation is 1. The first-order valence-electron chi connectivity index (χ1n) is 7.92. The van der Waals surface area contributed by atoms with Crippen LogP contribution in [0.25, 0.3) is 0 Å². The van der Waals surface area contributed by atoms with Crippen molar-refractivity contribution in [1.82, 2.24) is 5.43 Å². The third kappa shape index (κ3) is 4.97. The zero-order valence-electron chi connectivity index (χ0n) is 14.9. The van der Waals surface area contributed by atoms with E-state index in [0.717, 1.165) is 16.8 Å². The van der Waals surface area contributed by atoms with Crippen LogP contribution in [0.15, 0.2) is 47.6 Å². The lowest BCUT2D eigenvalue weighted by atomic mass is 10.2. The molecule has 0 aromatic heterocycles. The van der Waals surface area contributed by atoms with Gasteiger partial charge in [-0.05, 0) is 49.2 Å². The van der Waals surface area contributed by atoms with Crippen LogP contribution in [-0.4, -0.2) is 32.4 Å². The van der Waals surface area contributed by atoms with Crippen LogP contribution in [0.2, 0.25) is 0 Å². The zero-order chi connectivity index (χ0) is 18.2. The molecular weight excluding hydrogens is 318 g/mol. The maximum Gasteiger partial charge on any atom is 0.262 e. The van der Waals surface area contributed by atoms with E-state index in [0.29, 0.717) is 11.5 Å². The Labute approximate surface area is 147 Å². The first-order valence-corrected chi connectivity index (χ1v) is 7.92. The van der Waals surface area contributed by atoms with Gasteiger partial charge >= 0.3 is 0 Å². The Morgan fingerprint density at radius 1 is 1.12 bits per heavy atom. The van der Waals surface area contributed by atoms with Gasteiger partial charge in [-0.15, -0.1) is 0 Å². The number of rotatable bonds is 7. The molecule has 132 valence electrons. The summed E-state index contributed by atoms with van der Waals surface area (Å²) in [6, 6.07) is 12.8. The average molecular weight is 341 g/mol. The van der Waals surface area contributed by atoms with Crippen LogP contribution in [-0.2, 0) is 4.79 Å². The minimum Gasteiger partial charge on any atom is -0.493 e. The molecule has 0 aliphatic carbocycles. The van der Waals surface area contributed by atoms with E-state index < -0.39 is 6.04 Å². The average Bonchev–Trinajstić information content (AvgIpc) is 2.63. The second kappa shape index (κ2) is 8.73. The first-order chi connectivity index (χ1) is 12.0. The maximum absolute atomic E-state index is 12.1. The topological polar surface area (TPSA) is 72.0 Å². The molecule has 1 amide bonds. The molecule has 2 N–H and O–H groups in total. The molecule has 0 fully saturated rings. The minimum atomic E-state index is -0.413. The Hall–Kier alpha value is -3.02. The van der Waals surface area contributed by atoms with Crippen molar-refractivity contribution in [1.29, 1.82) is 0 Å². The molecule has 6 nitrogen and oxygen atoms in total. The quantitative estimate of drug-likeness (QED) is 0.600. The summed E-state index contributed by atoms with van der Waals surface area (Å²) in [6.07, 6.45) is 1.56. The summed E-state index contributed by atoms with van der Waals surface area (Å²) in [5.74, 6) is 1.02. The Morgan fingerprint density at radius 3 is 2.52 bits per heavy atom. The highest BCUT2D eigenvalue weighted by Gasteiger charge is 2.12. The Kier molecular flexibility index (Phi) is 6.39. The van der Waals surface area contributed by atoms with Gasteiger partial charge in [-0.3, -0.25) is 4.79 Å². The molecule has 25 heavy (non-hydrogen) atoms. The molecule has 1 atom stereocenters. The number of nitrogens with one attached hydrogen (secondary N) is 2. The van der Waals surface area contributed by atoms with E-state index in [-0.39, 0.29) is 5.91 Å². The van der Waals surface area contributed by atoms with Gasteiger partial charge in [0.1, 0.15) is 6.04 Å². The van der Waals surface area contributed by atoms with Crippen molar-refractivity contribution in [3.05, 3.63) is 53.6 Å². The fourth-order valence-electron chi connectivity index (χ4n) is 2.23. The summed E-state index contributed by atoms with van der Waals surface area (Å²) < 4.78 is 10.4. The Bertz CT molecular complexity index is 759. The number of hydrazone groups is 1. The fraction of sp³-hybridized carbons (Fsp3) is 0.263. The molecule has 0 saturated carbocycles. The van der Waals surface area contributed by atoms with E-state index in [1.165, 1.54) is 0 Å². The number of hydrogen-bond acceptors (Lipinski definition) is 5. The van der Waals surface area contributed by atoms with Crippen molar-refractivity contribution in [2.24, 2.45) is 5.10 Å². The number of carbonyl (C=O) groups is 1.